The summed E-state index contributed by atoms with van der Waals surface area (Å²) < 4.78 is 2.43. The molecule has 1 nitrogen and oxygen atoms in total. The number of hydrogen-bond acceptors (Lipinski definition) is 0. The summed E-state index contributed by atoms with van der Waals surface area (Å²) >= 11 is 0. The average Bonchev–Trinajstić information content (AvgIpc) is 3.65. The smallest absolute Gasteiger partial charge is 0.0535 e. The number of rotatable bonds is 5. The van der Waals surface area contributed by atoms with Gasteiger partial charge in [0.25, 0.3) is 0 Å². The largest absolute Gasteiger partial charge is 0.309 e. The molecular weight excluding hydrogens is 615 g/mol. The van der Waals surface area contributed by atoms with Crippen LogP contribution in [0, 0.1) is 0 Å². The van der Waals surface area contributed by atoms with Gasteiger partial charge in [-0.1, -0.05) is 170 Å². The lowest BCUT2D eigenvalue weighted by molar-refractivity contribution is 1.10. The van der Waals surface area contributed by atoms with Crippen LogP contribution in [0.3, 0.4) is 0 Å². The normalized spacial score (nSPS) is 11.5. The Kier molecular flexibility index (Phi) is 6.89. The van der Waals surface area contributed by atoms with Crippen LogP contribution in [0.1, 0.15) is 0 Å². The molecule has 0 N–H and O–H groups in total. The lowest BCUT2D eigenvalue weighted by Crippen LogP contribution is -2.00. The first-order valence-corrected chi connectivity index (χ1v) is 17.6. The summed E-state index contributed by atoms with van der Waals surface area (Å²) in [6.07, 6.45) is 0. The zero-order chi connectivity index (χ0) is 33.7. The molecule has 0 atom stereocenters. The quantitative estimate of drug-likeness (QED) is 0.164. The van der Waals surface area contributed by atoms with Gasteiger partial charge in [0, 0.05) is 5.69 Å². The minimum atomic E-state index is 1.13. The van der Waals surface area contributed by atoms with Crippen molar-refractivity contribution in [3.63, 3.8) is 0 Å². The molecule has 0 radical (unpaired) electrons. The summed E-state index contributed by atoms with van der Waals surface area (Å²) in [5.41, 5.74) is 10.8. The SMILES string of the molecule is c1ccc(-c2ccc(-c3ccccc3)n2-c2ccc3c(-c4cccc5ccccc45)c4ccccc4c(-c4ccc5ccccc5c4)c3c2)cc1. The second-order valence-corrected chi connectivity index (χ2v) is 13.3. The van der Waals surface area contributed by atoms with E-state index in [1.807, 2.05) is 0 Å². The molecule has 1 aromatic heterocycles. The maximum atomic E-state index is 2.43. The van der Waals surface area contributed by atoms with E-state index in [1.165, 1.54) is 76.5 Å². The first-order chi connectivity index (χ1) is 25.3. The Morgan fingerprint density at radius 2 is 0.824 bits per heavy atom. The van der Waals surface area contributed by atoms with E-state index in [1.54, 1.807) is 0 Å². The molecular formula is C50H33N. The van der Waals surface area contributed by atoms with Crippen molar-refractivity contribution in [2.75, 3.05) is 0 Å². The minimum Gasteiger partial charge on any atom is -0.309 e. The van der Waals surface area contributed by atoms with Crippen molar-refractivity contribution < 1.29 is 0 Å². The zero-order valence-corrected chi connectivity index (χ0v) is 28.0. The Morgan fingerprint density at radius 3 is 1.53 bits per heavy atom. The Bertz CT molecular complexity index is 2830. The van der Waals surface area contributed by atoms with Crippen LogP contribution in [0.25, 0.3) is 93.5 Å². The van der Waals surface area contributed by atoms with Crippen LogP contribution in [-0.4, -0.2) is 4.57 Å². The second kappa shape index (κ2) is 12.0. The van der Waals surface area contributed by atoms with Crippen molar-refractivity contribution >= 4 is 43.1 Å². The average molecular weight is 648 g/mol. The molecule has 10 aromatic rings. The van der Waals surface area contributed by atoms with Gasteiger partial charge in [0.1, 0.15) is 0 Å². The number of fused-ring (bicyclic) bond motifs is 4. The lowest BCUT2D eigenvalue weighted by atomic mass is 9.84. The summed E-state index contributed by atoms with van der Waals surface area (Å²) in [6.45, 7) is 0. The second-order valence-electron chi connectivity index (χ2n) is 13.3. The molecule has 0 saturated carbocycles. The fraction of sp³-hybridized carbons (Fsp3) is 0. The standard InChI is InChI=1S/C50H33N/c1-3-16-36(17-4-1)47-30-31-48(37-18-5-2-6-19-37)51(47)40-28-29-45-46(33-40)49(39-27-26-34-14-7-8-20-38(34)32-39)43-23-11-12-24-44(43)50(45)42-25-13-21-35-15-9-10-22-41(35)42/h1-33H. The zero-order valence-electron chi connectivity index (χ0n) is 28.0. The molecule has 51 heavy (non-hydrogen) atoms. The Morgan fingerprint density at radius 1 is 0.275 bits per heavy atom. The van der Waals surface area contributed by atoms with Crippen LogP contribution in [0.5, 0.6) is 0 Å². The van der Waals surface area contributed by atoms with Gasteiger partial charge in [0.15, 0.2) is 0 Å². The van der Waals surface area contributed by atoms with E-state index < -0.39 is 0 Å². The van der Waals surface area contributed by atoms with Crippen molar-refractivity contribution in [3.8, 4) is 50.5 Å². The van der Waals surface area contributed by atoms with Crippen LogP contribution >= 0.6 is 0 Å². The van der Waals surface area contributed by atoms with Crippen LogP contribution < -0.4 is 0 Å². The van der Waals surface area contributed by atoms with Gasteiger partial charge in [-0.25, -0.2) is 0 Å². The summed E-state index contributed by atoms with van der Waals surface area (Å²) in [4.78, 5) is 0. The first kappa shape index (κ1) is 29.2. The Labute approximate surface area is 297 Å². The van der Waals surface area contributed by atoms with E-state index in [4.69, 9.17) is 0 Å². The third-order valence-electron chi connectivity index (χ3n) is 10.4. The molecule has 0 bridgehead atoms. The fourth-order valence-corrected chi connectivity index (χ4v) is 8.08. The molecule has 9 aromatic carbocycles. The van der Waals surface area contributed by atoms with Crippen LogP contribution in [-0.2, 0) is 0 Å². The van der Waals surface area contributed by atoms with Gasteiger partial charge in [0.2, 0.25) is 0 Å². The minimum absolute atomic E-state index is 1.13. The molecule has 0 amide bonds. The van der Waals surface area contributed by atoms with E-state index in [0.29, 0.717) is 0 Å². The number of aromatic nitrogens is 1. The van der Waals surface area contributed by atoms with Crippen LogP contribution in [0.4, 0.5) is 0 Å². The summed E-state index contributed by atoms with van der Waals surface area (Å²) in [5.74, 6) is 0. The molecule has 0 spiro atoms. The molecule has 0 unspecified atom stereocenters. The van der Waals surface area contributed by atoms with E-state index >= 15 is 0 Å². The van der Waals surface area contributed by atoms with Crippen molar-refractivity contribution in [1.82, 2.24) is 4.57 Å². The summed E-state index contributed by atoms with van der Waals surface area (Å²) in [5, 5.41) is 9.97. The highest BCUT2D eigenvalue weighted by atomic mass is 15.0. The molecule has 0 aliphatic rings. The highest BCUT2D eigenvalue weighted by Gasteiger charge is 2.21. The highest BCUT2D eigenvalue weighted by Crippen LogP contribution is 2.47. The monoisotopic (exact) mass is 647 g/mol. The third-order valence-corrected chi connectivity index (χ3v) is 10.4. The summed E-state index contributed by atoms with van der Waals surface area (Å²) in [7, 11) is 0. The Balaban J connectivity index is 1.35. The molecule has 0 saturated heterocycles. The molecule has 0 fully saturated rings. The van der Waals surface area contributed by atoms with Gasteiger partial charge in [-0.15, -0.1) is 0 Å². The predicted molar refractivity (Wildman–Crippen MR) is 218 cm³/mol. The van der Waals surface area contributed by atoms with Crippen LogP contribution in [0.15, 0.2) is 200 Å². The molecule has 0 aliphatic heterocycles. The topological polar surface area (TPSA) is 4.93 Å². The third kappa shape index (κ3) is 4.86. The molecule has 238 valence electrons. The number of benzene rings is 9. The maximum absolute atomic E-state index is 2.43. The number of hydrogen-bond donors (Lipinski definition) is 0. The van der Waals surface area contributed by atoms with E-state index in [0.717, 1.165) is 17.1 Å². The highest BCUT2D eigenvalue weighted by molar-refractivity contribution is 6.24. The molecule has 1 heterocycles. The Hall–Kier alpha value is -6.70. The van der Waals surface area contributed by atoms with Gasteiger partial charge in [-0.3, -0.25) is 0 Å². The lowest BCUT2D eigenvalue weighted by Gasteiger charge is -2.21. The van der Waals surface area contributed by atoms with Crippen molar-refractivity contribution in [1.29, 1.82) is 0 Å². The maximum Gasteiger partial charge on any atom is 0.0535 e. The van der Waals surface area contributed by atoms with E-state index in [2.05, 4.69) is 205 Å². The van der Waals surface area contributed by atoms with Crippen LogP contribution in [0.2, 0.25) is 0 Å². The first-order valence-electron chi connectivity index (χ1n) is 17.6. The van der Waals surface area contributed by atoms with Gasteiger partial charge in [-0.05, 0) is 107 Å². The predicted octanol–water partition coefficient (Wildman–Crippen LogP) is 13.8. The van der Waals surface area contributed by atoms with Crippen molar-refractivity contribution in [2.24, 2.45) is 0 Å². The van der Waals surface area contributed by atoms with Gasteiger partial charge >= 0.3 is 0 Å². The molecule has 0 aliphatic carbocycles. The molecule has 1 heteroatoms. The van der Waals surface area contributed by atoms with Gasteiger partial charge in [-0.2, -0.15) is 0 Å². The van der Waals surface area contributed by atoms with Crippen molar-refractivity contribution in [3.05, 3.63) is 200 Å². The summed E-state index contributed by atoms with van der Waals surface area (Å²) in [6, 6.07) is 73.1. The van der Waals surface area contributed by atoms with Gasteiger partial charge in [0.05, 0.1) is 11.4 Å². The molecule has 10 rings (SSSR count). The number of nitrogens with zero attached hydrogens (tertiary/aromatic N) is 1. The van der Waals surface area contributed by atoms with E-state index in [9.17, 15) is 0 Å². The van der Waals surface area contributed by atoms with Gasteiger partial charge < -0.3 is 4.57 Å². The van der Waals surface area contributed by atoms with Crippen molar-refractivity contribution in [2.45, 2.75) is 0 Å². The fourth-order valence-electron chi connectivity index (χ4n) is 8.08. The van der Waals surface area contributed by atoms with E-state index in [-0.39, 0.29) is 0 Å².